The molecule has 21 heavy (non-hydrogen) atoms. The molecule has 1 aliphatic carbocycles. The van der Waals surface area contributed by atoms with Gasteiger partial charge >= 0.3 is 0 Å². The van der Waals surface area contributed by atoms with Gasteiger partial charge in [-0.2, -0.15) is 0 Å². The Labute approximate surface area is 129 Å². The van der Waals surface area contributed by atoms with Crippen molar-refractivity contribution in [3.05, 3.63) is 18.2 Å². The quantitative estimate of drug-likeness (QED) is 0.875. The second-order valence-electron chi connectivity index (χ2n) is 7.48. The fourth-order valence-corrected chi connectivity index (χ4v) is 3.71. The average Bonchev–Trinajstić information content (AvgIpc) is 2.78. The van der Waals surface area contributed by atoms with Crippen LogP contribution >= 0.6 is 0 Å². The first kappa shape index (κ1) is 16.5. The average molecular weight is 292 g/mol. The highest BCUT2D eigenvalue weighted by atomic mass is 15.2. The molecule has 1 aromatic rings. The Morgan fingerprint density at radius 1 is 1.48 bits per heavy atom. The Hall–Kier alpha value is -0.870. The van der Waals surface area contributed by atoms with E-state index in [1.165, 1.54) is 19.3 Å². The molecule has 0 amide bonds. The van der Waals surface area contributed by atoms with Gasteiger partial charge in [-0.3, -0.25) is 4.90 Å². The van der Waals surface area contributed by atoms with E-state index in [1.54, 1.807) is 0 Å². The Morgan fingerprint density at radius 2 is 2.24 bits per heavy atom. The number of nitrogens with one attached hydrogen (secondary N) is 1. The second kappa shape index (κ2) is 6.93. The fourth-order valence-electron chi connectivity index (χ4n) is 3.71. The van der Waals surface area contributed by atoms with Gasteiger partial charge in [0.25, 0.3) is 0 Å². The monoisotopic (exact) mass is 292 g/mol. The first-order valence-electron chi connectivity index (χ1n) is 8.29. The standard InChI is InChI=1S/C17H32N4/c1-6-18-15-7-8-17(2,3)11-14(15)12-20(4)13-16-19-9-10-21(16)5/h9-10,14-15,18H,6-8,11-13H2,1-5H3. The SMILES string of the molecule is CCNC1CCC(C)(C)CC1CN(C)Cc1nccn1C. The van der Waals surface area contributed by atoms with Gasteiger partial charge in [0.1, 0.15) is 5.82 Å². The lowest BCUT2D eigenvalue weighted by Gasteiger charge is -2.42. The Morgan fingerprint density at radius 3 is 2.86 bits per heavy atom. The van der Waals surface area contributed by atoms with Crippen LogP contribution in [0.1, 0.15) is 45.9 Å². The summed E-state index contributed by atoms with van der Waals surface area (Å²) < 4.78 is 2.11. The Balaban J connectivity index is 1.95. The summed E-state index contributed by atoms with van der Waals surface area (Å²) in [4.78, 5) is 6.87. The molecule has 2 rings (SSSR count). The van der Waals surface area contributed by atoms with Crippen LogP contribution in [0.15, 0.2) is 12.4 Å². The van der Waals surface area contributed by atoms with Gasteiger partial charge in [0.15, 0.2) is 0 Å². The van der Waals surface area contributed by atoms with E-state index < -0.39 is 0 Å². The van der Waals surface area contributed by atoms with E-state index in [9.17, 15) is 0 Å². The van der Waals surface area contributed by atoms with Crippen molar-refractivity contribution in [2.24, 2.45) is 18.4 Å². The van der Waals surface area contributed by atoms with E-state index in [0.717, 1.165) is 31.4 Å². The molecule has 0 bridgehead atoms. The topological polar surface area (TPSA) is 33.1 Å². The van der Waals surface area contributed by atoms with Crippen LogP contribution in [0, 0.1) is 11.3 Å². The molecule has 0 spiro atoms. The molecule has 0 saturated heterocycles. The summed E-state index contributed by atoms with van der Waals surface area (Å²) in [6.45, 7) is 10.2. The van der Waals surface area contributed by atoms with Crippen LogP contribution < -0.4 is 5.32 Å². The maximum absolute atomic E-state index is 4.44. The third kappa shape index (κ3) is 4.55. The molecule has 2 unspecified atom stereocenters. The molecule has 1 heterocycles. The minimum Gasteiger partial charge on any atom is -0.337 e. The molecule has 1 fully saturated rings. The van der Waals surface area contributed by atoms with E-state index in [1.807, 2.05) is 12.4 Å². The summed E-state index contributed by atoms with van der Waals surface area (Å²) in [5.74, 6) is 1.88. The lowest BCUT2D eigenvalue weighted by Crippen LogP contribution is -2.46. The first-order valence-corrected chi connectivity index (χ1v) is 8.29. The molecule has 4 nitrogen and oxygen atoms in total. The number of aryl methyl sites for hydroxylation is 1. The minimum atomic E-state index is 0.487. The molecule has 0 aromatic carbocycles. The van der Waals surface area contributed by atoms with Crippen molar-refractivity contribution >= 4 is 0 Å². The van der Waals surface area contributed by atoms with Crippen molar-refractivity contribution in [3.8, 4) is 0 Å². The molecular formula is C17H32N4. The third-order valence-corrected chi connectivity index (χ3v) is 4.86. The molecular weight excluding hydrogens is 260 g/mol. The third-order valence-electron chi connectivity index (χ3n) is 4.86. The largest absolute Gasteiger partial charge is 0.337 e. The van der Waals surface area contributed by atoms with Crippen molar-refractivity contribution in [1.82, 2.24) is 19.8 Å². The number of hydrogen-bond donors (Lipinski definition) is 1. The van der Waals surface area contributed by atoms with Crippen molar-refractivity contribution in [1.29, 1.82) is 0 Å². The van der Waals surface area contributed by atoms with Gasteiger partial charge in [0.2, 0.25) is 0 Å². The van der Waals surface area contributed by atoms with Gasteiger partial charge in [0.05, 0.1) is 6.54 Å². The van der Waals surface area contributed by atoms with E-state index >= 15 is 0 Å². The van der Waals surface area contributed by atoms with Gasteiger partial charge in [-0.25, -0.2) is 4.98 Å². The zero-order valence-electron chi connectivity index (χ0n) is 14.4. The van der Waals surface area contributed by atoms with Crippen LogP contribution in [-0.4, -0.2) is 40.6 Å². The van der Waals surface area contributed by atoms with Crippen LogP contribution in [0.4, 0.5) is 0 Å². The molecule has 1 aliphatic rings. The first-order chi connectivity index (χ1) is 9.91. The Bertz CT molecular complexity index is 438. The molecule has 0 aliphatic heterocycles. The number of hydrogen-bond acceptors (Lipinski definition) is 3. The highest BCUT2D eigenvalue weighted by Crippen LogP contribution is 2.39. The van der Waals surface area contributed by atoms with Gasteiger partial charge in [-0.15, -0.1) is 0 Å². The zero-order chi connectivity index (χ0) is 15.5. The number of rotatable bonds is 6. The minimum absolute atomic E-state index is 0.487. The molecule has 120 valence electrons. The van der Waals surface area contributed by atoms with Crippen LogP contribution in [0.2, 0.25) is 0 Å². The summed E-state index contributed by atoms with van der Waals surface area (Å²) in [6, 6.07) is 0.673. The van der Waals surface area contributed by atoms with Crippen molar-refractivity contribution in [2.75, 3.05) is 20.1 Å². The highest BCUT2D eigenvalue weighted by Gasteiger charge is 2.34. The summed E-state index contributed by atoms with van der Waals surface area (Å²) in [5, 5.41) is 3.70. The zero-order valence-corrected chi connectivity index (χ0v) is 14.4. The van der Waals surface area contributed by atoms with Crippen LogP contribution in [-0.2, 0) is 13.6 Å². The molecule has 1 aromatic heterocycles. The molecule has 1 N–H and O–H groups in total. The van der Waals surface area contributed by atoms with Crippen LogP contribution in [0.5, 0.6) is 0 Å². The van der Waals surface area contributed by atoms with E-state index in [0.29, 0.717) is 11.5 Å². The molecule has 2 atom stereocenters. The maximum atomic E-state index is 4.44. The Kier molecular flexibility index (Phi) is 5.44. The molecule has 4 heteroatoms. The number of aromatic nitrogens is 2. The summed E-state index contributed by atoms with van der Waals surface area (Å²) in [7, 11) is 4.29. The van der Waals surface area contributed by atoms with E-state index in [4.69, 9.17) is 0 Å². The number of imidazole rings is 1. The van der Waals surface area contributed by atoms with E-state index in [2.05, 4.69) is 54.6 Å². The number of nitrogens with zero attached hydrogens (tertiary/aromatic N) is 3. The summed E-state index contributed by atoms with van der Waals surface area (Å²) in [5.41, 5.74) is 0.487. The van der Waals surface area contributed by atoms with E-state index in [-0.39, 0.29) is 0 Å². The maximum Gasteiger partial charge on any atom is 0.122 e. The fraction of sp³-hybridized carbons (Fsp3) is 0.824. The van der Waals surface area contributed by atoms with Crippen molar-refractivity contribution in [3.63, 3.8) is 0 Å². The molecule has 1 saturated carbocycles. The molecule has 0 radical (unpaired) electrons. The summed E-state index contributed by atoms with van der Waals surface area (Å²) >= 11 is 0. The van der Waals surface area contributed by atoms with Crippen molar-refractivity contribution in [2.45, 2.75) is 52.6 Å². The van der Waals surface area contributed by atoms with Gasteiger partial charge in [-0.05, 0) is 44.2 Å². The van der Waals surface area contributed by atoms with Crippen LogP contribution in [0.3, 0.4) is 0 Å². The predicted octanol–water partition coefficient (Wildman–Crippen LogP) is 2.66. The van der Waals surface area contributed by atoms with Crippen molar-refractivity contribution < 1.29 is 0 Å². The van der Waals surface area contributed by atoms with Gasteiger partial charge in [-0.1, -0.05) is 20.8 Å². The normalized spacial score (nSPS) is 25.4. The van der Waals surface area contributed by atoms with Gasteiger partial charge < -0.3 is 9.88 Å². The predicted molar refractivity (Wildman–Crippen MR) is 88.1 cm³/mol. The lowest BCUT2D eigenvalue weighted by atomic mass is 9.69. The van der Waals surface area contributed by atoms with Crippen LogP contribution in [0.25, 0.3) is 0 Å². The highest BCUT2D eigenvalue weighted by molar-refractivity contribution is 4.93. The summed E-state index contributed by atoms with van der Waals surface area (Å²) in [6.07, 6.45) is 7.87. The van der Waals surface area contributed by atoms with Gasteiger partial charge in [0, 0.05) is 32.0 Å². The lowest BCUT2D eigenvalue weighted by molar-refractivity contribution is 0.106. The smallest absolute Gasteiger partial charge is 0.122 e. The second-order valence-corrected chi connectivity index (χ2v) is 7.48.